The van der Waals surface area contributed by atoms with E-state index in [1.807, 2.05) is 0 Å². The summed E-state index contributed by atoms with van der Waals surface area (Å²) >= 11 is 0. The van der Waals surface area contributed by atoms with Crippen molar-refractivity contribution in [2.45, 2.75) is 32.1 Å². The summed E-state index contributed by atoms with van der Waals surface area (Å²) in [7, 11) is 0. The third-order valence-corrected chi connectivity index (χ3v) is 3.46. The van der Waals surface area contributed by atoms with Gasteiger partial charge in [0.15, 0.2) is 5.82 Å². The average molecular weight is 225 g/mol. The van der Waals surface area contributed by atoms with Crippen molar-refractivity contribution in [3.63, 3.8) is 0 Å². The highest BCUT2D eigenvalue weighted by Gasteiger charge is 2.23. The second-order valence-electron chi connectivity index (χ2n) is 4.68. The van der Waals surface area contributed by atoms with Crippen LogP contribution in [-0.2, 0) is 0 Å². The molecule has 0 aromatic heterocycles. The zero-order valence-electron chi connectivity index (χ0n) is 9.52. The van der Waals surface area contributed by atoms with E-state index in [1.165, 1.54) is 32.1 Å². The Morgan fingerprint density at radius 1 is 1.44 bits per heavy atom. The first-order chi connectivity index (χ1) is 7.75. The van der Waals surface area contributed by atoms with Gasteiger partial charge in [-0.25, -0.2) is 0 Å². The predicted octanol–water partition coefficient (Wildman–Crippen LogP) is 1.55. The molecule has 90 valence electrons. The lowest BCUT2D eigenvalue weighted by atomic mass is 9.89. The molecule has 1 aliphatic heterocycles. The van der Waals surface area contributed by atoms with Gasteiger partial charge in [-0.05, 0) is 18.8 Å². The maximum atomic E-state index is 10.5. The summed E-state index contributed by atoms with van der Waals surface area (Å²) in [5.74, 6) is 1.42. The van der Waals surface area contributed by atoms with Gasteiger partial charge in [0.25, 0.3) is 6.20 Å². The summed E-state index contributed by atoms with van der Waals surface area (Å²) in [6.07, 6.45) is 7.65. The Bertz CT molecular complexity index is 285. The normalized spacial score (nSPS) is 24.8. The monoisotopic (exact) mass is 225 g/mol. The van der Waals surface area contributed by atoms with E-state index >= 15 is 0 Å². The van der Waals surface area contributed by atoms with Gasteiger partial charge >= 0.3 is 0 Å². The van der Waals surface area contributed by atoms with Crippen molar-refractivity contribution >= 4 is 0 Å². The zero-order valence-corrected chi connectivity index (χ0v) is 9.52. The molecule has 0 radical (unpaired) electrons. The van der Waals surface area contributed by atoms with Crippen molar-refractivity contribution in [1.82, 2.24) is 10.2 Å². The van der Waals surface area contributed by atoms with Gasteiger partial charge in [0.2, 0.25) is 0 Å². The molecule has 1 saturated heterocycles. The molecular formula is C11H19N3O2. The first-order valence-electron chi connectivity index (χ1n) is 6.10. The Hall–Kier alpha value is -1.26. The molecule has 2 aliphatic rings. The predicted molar refractivity (Wildman–Crippen MR) is 61.2 cm³/mol. The molecule has 0 spiro atoms. The summed E-state index contributed by atoms with van der Waals surface area (Å²) in [5.41, 5.74) is 0. The lowest BCUT2D eigenvalue weighted by Gasteiger charge is -2.27. The van der Waals surface area contributed by atoms with Crippen LogP contribution in [0.2, 0.25) is 0 Å². The van der Waals surface area contributed by atoms with E-state index in [9.17, 15) is 10.1 Å². The van der Waals surface area contributed by atoms with Crippen LogP contribution >= 0.6 is 0 Å². The second-order valence-corrected chi connectivity index (χ2v) is 4.68. The third kappa shape index (κ3) is 2.87. The average Bonchev–Trinajstić information content (AvgIpc) is 2.66. The molecule has 0 unspecified atom stereocenters. The maximum absolute atomic E-state index is 10.5. The Kier molecular flexibility index (Phi) is 3.64. The van der Waals surface area contributed by atoms with E-state index < -0.39 is 0 Å². The van der Waals surface area contributed by atoms with E-state index in [-0.39, 0.29) is 4.92 Å². The summed E-state index contributed by atoms with van der Waals surface area (Å²) in [6.45, 7) is 2.70. The third-order valence-electron chi connectivity index (χ3n) is 3.46. The Morgan fingerprint density at radius 3 is 2.88 bits per heavy atom. The molecule has 1 heterocycles. The van der Waals surface area contributed by atoms with E-state index in [0.29, 0.717) is 5.82 Å². The van der Waals surface area contributed by atoms with Gasteiger partial charge in [-0.1, -0.05) is 19.3 Å². The molecule has 0 amide bonds. The van der Waals surface area contributed by atoms with Gasteiger partial charge in [-0.2, -0.15) is 0 Å². The Morgan fingerprint density at radius 2 is 2.19 bits per heavy atom. The van der Waals surface area contributed by atoms with E-state index in [2.05, 4.69) is 10.2 Å². The largest absolute Gasteiger partial charge is 0.365 e. The number of hydrogen-bond donors (Lipinski definition) is 1. The van der Waals surface area contributed by atoms with Gasteiger partial charge < -0.3 is 10.2 Å². The number of nitrogens with zero attached hydrogens (tertiary/aromatic N) is 2. The van der Waals surface area contributed by atoms with Crippen molar-refractivity contribution in [3.8, 4) is 0 Å². The minimum atomic E-state index is -0.373. The lowest BCUT2D eigenvalue weighted by Crippen LogP contribution is -2.28. The SMILES string of the molecule is O=[N+]([O-])C=C1NCCN1CC1CCCCC1. The minimum Gasteiger partial charge on any atom is -0.365 e. The fourth-order valence-corrected chi connectivity index (χ4v) is 2.65. The molecule has 0 aromatic carbocycles. The van der Waals surface area contributed by atoms with Crippen LogP contribution in [0.5, 0.6) is 0 Å². The lowest BCUT2D eigenvalue weighted by molar-refractivity contribution is -0.404. The van der Waals surface area contributed by atoms with Crippen molar-refractivity contribution in [1.29, 1.82) is 0 Å². The molecule has 16 heavy (non-hydrogen) atoms. The highest BCUT2D eigenvalue weighted by Crippen LogP contribution is 2.25. The maximum Gasteiger partial charge on any atom is 0.274 e. The topological polar surface area (TPSA) is 58.4 Å². The van der Waals surface area contributed by atoms with Gasteiger partial charge in [0.05, 0.1) is 4.92 Å². The van der Waals surface area contributed by atoms with E-state index in [4.69, 9.17) is 0 Å². The standard InChI is InChI=1S/C11H19N3O2/c15-14(16)9-11-12-6-7-13(11)8-10-4-2-1-3-5-10/h9-10,12H,1-8H2. The van der Waals surface area contributed by atoms with E-state index in [0.717, 1.165) is 31.8 Å². The van der Waals surface area contributed by atoms with E-state index in [1.54, 1.807) is 0 Å². The van der Waals surface area contributed by atoms with Crippen molar-refractivity contribution < 1.29 is 4.92 Å². The van der Waals surface area contributed by atoms with Gasteiger partial charge in [0, 0.05) is 19.6 Å². The fourth-order valence-electron chi connectivity index (χ4n) is 2.65. The first kappa shape index (κ1) is 11.2. The summed E-state index contributed by atoms with van der Waals surface area (Å²) in [6, 6.07) is 0. The Balaban J connectivity index is 1.90. The molecule has 0 bridgehead atoms. The summed E-state index contributed by atoms with van der Waals surface area (Å²) in [4.78, 5) is 12.2. The highest BCUT2D eigenvalue weighted by atomic mass is 16.6. The number of rotatable bonds is 3. The molecule has 0 aromatic rings. The van der Waals surface area contributed by atoms with Crippen LogP contribution in [0, 0.1) is 16.0 Å². The quantitative estimate of drug-likeness (QED) is 0.585. The van der Waals surface area contributed by atoms with Crippen LogP contribution in [0.25, 0.3) is 0 Å². The Labute approximate surface area is 95.7 Å². The van der Waals surface area contributed by atoms with Crippen LogP contribution in [0.3, 0.4) is 0 Å². The van der Waals surface area contributed by atoms with Gasteiger partial charge in [-0.3, -0.25) is 10.1 Å². The molecular weight excluding hydrogens is 206 g/mol. The summed E-state index contributed by atoms with van der Waals surface area (Å²) in [5, 5.41) is 13.5. The molecule has 1 N–H and O–H groups in total. The van der Waals surface area contributed by atoms with Crippen LogP contribution < -0.4 is 5.32 Å². The minimum absolute atomic E-state index is 0.373. The molecule has 1 saturated carbocycles. The van der Waals surface area contributed by atoms with Crippen LogP contribution in [0.1, 0.15) is 32.1 Å². The van der Waals surface area contributed by atoms with Crippen molar-refractivity contribution in [2.75, 3.05) is 19.6 Å². The molecule has 2 rings (SSSR count). The van der Waals surface area contributed by atoms with Crippen molar-refractivity contribution in [3.05, 3.63) is 22.1 Å². The van der Waals surface area contributed by atoms with Crippen LogP contribution in [-0.4, -0.2) is 29.5 Å². The van der Waals surface area contributed by atoms with Gasteiger partial charge in [-0.15, -0.1) is 0 Å². The molecule has 0 atom stereocenters. The number of hydrogen-bond acceptors (Lipinski definition) is 4. The van der Waals surface area contributed by atoms with Crippen LogP contribution in [0.15, 0.2) is 12.0 Å². The number of nitrogens with one attached hydrogen (secondary N) is 1. The second kappa shape index (κ2) is 5.18. The zero-order chi connectivity index (χ0) is 11.4. The van der Waals surface area contributed by atoms with Crippen molar-refractivity contribution in [2.24, 2.45) is 5.92 Å². The molecule has 2 fully saturated rings. The van der Waals surface area contributed by atoms with Gasteiger partial charge in [0.1, 0.15) is 0 Å². The summed E-state index contributed by atoms with van der Waals surface area (Å²) < 4.78 is 0. The first-order valence-corrected chi connectivity index (χ1v) is 6.10. The smallest absolute Gasteiger partial charge is 0.274 e. The van der Waals surface area contributed by atoms with Crippen LogP contribution in [0.4, 0.5) is 0 Å². The highest BCUT2D eigenvalue weighted by molar-refractivity contribution is 5.00. The fraction of sp³-hybridized carbons (Fsp3) is 0.818. The molecule has 1 aliphatic carbocycles. The molecule has 5 nitrogen and oxygen atoms in total. The number of nitro groups is 1. The molecule has 5 heteroatoms.